The molecule has 8 heavy (non-hydrogen) atoms. The summed E-state index contributed by atoms with van der Waals surface area (Å²) in [7, 11) is 1.74. The molecule has 50 valence electrons. The predicted octanol–water partition coefficient (Wildman–Crippen LogP) is 1.77. The van der Waals surface area contributed by atoms with Gasteiger partial charge in [0.25, 0.3) is 0 Å². The number of thioether (sulfide) groups is 1. The average Bonchev–Trinajstić information content (AvgIpc) is 1.68. The number of hydrogen-bond acceptors (Lipinski definition) is 2. The monoisotopic (exact) mass is 134 g/mol. The summed E-state index contributed by atoms with van der Waals surface area (Å²) < 4.78 is 4.94. The Balaban J connectivity index is 2.92. The van der Waals surface area contributed by atoms with E-state index in [0.717, 1.165) is 6.61 Å². The molecule has 0 aliphatic rings. The molecule has 0 aliphatic heterocycles. The fourth-order valence-corrected chi connectivity index (χ4v) is 1.37. The molecule has 0 aliphatic carbocycles. The van der Waals surface area contributed by atoms with Crippen molar-refractivity contribution in [3.8, 4) is 0 Å². The van der Waals surface area contributed by atoms with Crippen molar-refractivity contribution in [1.82, 2.24) is 0 Å². The molecule has 0 heterocycles. The summed E-state index contributed by atoms with van der Waals surface area (Å²) in [6.45, 7) is 5.22. The summed E-state index contributed by atoms with van der Waals surface area (Å²) >= 11 is 1.93. The van der Waals surface area contributed by atoms with Crippen LogP contribution in [0, 0.1) is 0 Å². The minimum Gasteiger partial charge on any atom is -0.384 e. The van der Waals surface area contributed by atoms with Crippen LogP contribution in [-0.4, -0.2) is 24.7 Å². The Bertz CT molecular complexity index is 41.8. The summed E-state index contributed by atoms with van der Waals surface area (Å²) in [5.74, 6) is 1.19. The van der Waals surface area contributed by atoms with Crippen LogP contribution in [0.2, 0.25) is 0 Å². The maximum absolute atomic E-state index is 4.94. The highest BCUT2D eigenvalue weighted by atomic mass is 32.2. The van der Waals surface area contributed by atoms with Crippen molar-refractivity contribution >= 4 is 11.8 Å². The van der Waals surface area contributed by atoms with Gasteiger partial charge in [-0.1, -0.05) is 13.8 Å². The van der Waals surface area contributed by atoms with Gasteiger partial charge in [-0.15, -0.1) is 0 Å². The molecule has 0 radical (unpaired) electrons. The standard InChI is InChI=1S/C6H14OS/c1-4-8-6(2)5-7-3/h6H,4-5H2,1-3H3. The van der Waals surface area contributed by atoms with E-state index in [9.17, 15) is 0 Å². The van der Waals surface area contributed by atoms with Gasteiger partial charge >= 0.3 is 0 Å². The van der Waals surface area contributed by atoms with Crippen molar-refractivity contribution in [3.63, 3.8) is 0 Å². The van der Waals surface area contributed by atoms with Gasteiger partial charge in [0.1, 0.15) is 0 Å². The zero-order valence-corrected chi connectivity index (χ0v) is 6.62. The van der Waals surface area contributed by atoms with Crippen LogP contribution in [0.1, 0.15) is 13.8 Å². The Labute approximate surface area is 55.8 Å². The third-order valence-corrected chi connectivity index (χ3v) is 1.89. The Hall–Kier alpha value is 0.310. The Morgan fingerprint density at radius 1 is 1.62 bits per heavy atom. The highest BCUT2D eigenvalue weighted by molar-refractivity contribution is 7.99. The van der Waals surface area contributed by atoms with Gasteiger partial charge < -0.3 is 4.74 Å². The molecule has 2 heteroatoms. The van der Waals surface area contributed by atoms with Crippen LogP contribution in [-0.2, 0) is 4.74 Å². The van der Waals surface area contributed by atoms with Gasteiger partial charge in [-0.2, -0.15) is 11.8 Å². The zero-order chi connectivity index (χ0) is 6.41. The van der Waals surface area contributed by atoms with Crippen molar-refractivity contribution < 1.29 is 4.74 Å². The van der Waals surface area contributed by atoms with Crippen molar-refractivity contribution in [2.24, 2.45) is 0 Å². The number of rotatable bonds is 4. The highest BCUT2D eigenvalue weighted by Gasteiger charge is 1.96. The van der Waals surface area contributed by atoms with Crippen molar-refractivity contribution in [2.45, 2.75) is 19.1 Å². The largest absolute Gasteiger partial charge is 0.384 e. The van der Waals surface area contributed by atoms with E-state index < -0.39 is 0 Å². The van der Waals surface area contributed by atoms with E-state index in [1.165, 1.54) is 5.75 Å². The second-order valence-electron chi connectivity index (χ2n) is 1.72. The molecule has 0 amide bonds. The Morgan fingerprint density at radius 3 is 2.62 bits per heavy atom. The van der Waals surface area contributed by atoms with Crippen LogP contribution in [0.25, 0.3) is 0 Å². The molecule has 0 bridgehead atoms. The van der Waals surface area contributed by atoms with Crippen LogP contribution in [0.15, 0.2) is 0 Å². The first kappa shape index (κ1) is 8.31. The lowest BCUT2D eigenvalue weighted by molar-refractivity contribution is 0.203. The molecular formula is C6H14OS. The lowest BCUT2D eigenvalue weighted by atomic mass is 10.5. The molecule has 1 nitrogen and oxygen atoms in total. The first-order valence-electron chi connectivity index (χ1n) is 2.91. The summed E-state index contributed by atoms with van der Waals surface area (Å²) in [4.78, 5) is 0. The zero-order valence-electron chi connectivity index (χ0n) is 5.81. The maximum atomic E-state index is 4.94. The topological polar surface area (TPSA) is 9.23 Å². The van der Waals surface area contributed by atoms with Crippen LogP contribution in [0.3, 0.4) is 0 Å². The van der Waals surface area contributed by atoms with Gasteiger partial charge in [-0.05, 0) is 5.75 Å². The number of hydrogen-bond donors (Lipinski definition) is 0. The summed E-state index contributed by atoms with van der Waals surface area (Å²) in [6.07, 6.45) is 0. The van der Waals surface area contributed by atoms with Crippen LogP contribution < -0.4 is 0 Å². The predicted molar refractivity (Wildman–Crippen MR) is 39.5 cm³/mol. The van der Waals surface area contributed by atoms with Gasteiger partial charge in [0, 0.05) is 12.4 Å². The van der Waals surface area contributed by atoms with E-state index >= 15 is 0 Å². The van der Waals surface area contributed by atoms with Crippen molar-refractivity contribution in [2.75, 3.05) is 19.5 Å². The van der Waals surface area contributed by atoms with Crippen LogP contribution >= 0.6 is 11.8 Å². The average molecular weight is 134 g/mol. The molecule has 0 spiro atoms. The summed E-state index contributed by atoms with van der Waals surface area (Å²) in [5.41, 5.74) is 0. The van der Waals surface area contributed by atoms with Crippen LogP contribution in [0.5, 0.6) is 0 Å². The highest BCUT2D eigenvalue weighted by Crippen LogP contribution is 2.08. The molecule has 0 fully saturated rings. The molecule has 0 saturated carbocycles. The maximum Gasteiger partial charge on any atom is 0.0578 e. The smallest absolute Gasteiger partial charge is 0.0578 e. The second kappa shape index (κ2) is 5.45. The Morgan fingerprint density at radius 2 is 2.25 bits per heavy atom. The quantitative estimate of drug-likeness (QED) is 0.579. The SMILES string of the molecule is CCSC(C)COC. The molecule has 1 unspecified atom stereocenters. The molecule has 0 aromatic rings. The summed E-state index contributed by atoms with van der Waals surface area (Å²) in [6, 6.07) is 0. The normalized spacial score (nSPS) is 13.9. The lowest BCUT2D eigenvalue weighted by Gasteiger charge is -2.05. The van der Waals surface area contributed by atoms with Gasteiger partial charge in [0.15, 0.2) is 0 Å². The van der Waals surface area contributed by atoms with Crippen molar-refractivity contribution in [3.05, 3.63) is 0 Å². The minimum atomic E-state index is 0.657. The first-order valence-corrected chi connectivity index (χ1v) is 3.96. The van der Waals surface area contributed by atoms with Crippen molar-refractivity contribution in [1.29, 1.82) is 0 Å². The molecule has 0 aromatic carbocycles. The van der Waals surface area contributed by atoms with Gasteiger partial charge in [0.05, 0.1) is 6.61 Å². The third-order valence-electron chi connectivity index (χ3n) is 0.853. The molecule has 1 atom stereocenters. The van der Waals surface area contributed by atoms with E-state index in [0.29, 0.717) is 5.25 Å². The van der Waals surface area contributed by atoms with E-state index in [-0.39, 0.29) is 0 Å². The molecule has 0 aromatic heterocycles. The Kier molecular flexibility index (Phi) is 5.66. The molecule has 0 N–H and O–H groups in total. The fourth-order valence-electron chi connectivity index (χ4n) is 0.567. The fraction of sp³-hybridized carbons (Fsp3) is 1.00. The summed E-state index contributed by atoms with van der Waals surface area (Å²) in [5, 5.41) is 0.657. The molecule has 0 rings (SSSR count). The minimum absolute atomic E-state index is 0.657. The molecule has 0 saturated heterocycles. The van der Waals surface area contributed by atoms with Gasteiger partial charge in [-0.3, -0.25) is 0 Å². The third kappa shape index (κ3) is 4.47. The van der Waals surface area contributed by atoms with Gasteiger partial charge in [-0.25, -0.2) is 0 Å². The lowest BCUT2D eigenvalue weighted by Crippen LogP contribution is -2.04. The second-order valence-corrected chi connectivity index (χ2v) is 3.44. The van der Waals surface area contributed by atoms with E-state index in [1.807, 2.05) is 11.8 Å². The first-order chi connectivity index (χ1) is 3.81. The van der Waals surface area contributed by atoms with E-state index in [4.69, 9.17) is 4.74 Å². The van der Waals surface area contributed by atoms with E-state index in [1.54, 1.807) is 7.11 Å². The number of methoxy groups -OCH3 is 1. The van der Waals surface area contributed by atoms with Gasteiger partial charge in [0.2, 0.25) is 0 Å². The number of ether oxygens (including phenoxy) is 1. The van der Waals surface area contributed by atoms with E-state index in [2.05, 4.69) is 13.8 Å². The van der Waals surface area contributed by atoms with Crippen LogP contribution in [0.4, 0.5) is 0 Å². The molecular weight excluding hydrogens is 120 g/mol.